The fraction of sp³-hybridized carbons (Fsp3) is 0.231. The van der Waals surface area contributed by atoms with Gasteiger partial charge in [-0.25, -0.2) is 4.98 Å². The number of amides is 1. The molecular formula is C13H13N3OS. The summed E-state index contributed by atoms with van der Waals surface area (Å²) < 4.78 is 0. The van der Waals surface area contributed by atoms with Crippen LogP contribution in [0.15, 0.2) is 24.3 Å². The largest absolute Gasteiger partial charge is 0.375 e. The molecule has 0 saturated heterocycles. The summed E-state index contributed by atoms with van der Waals surface area (Å²) >= 11 is 1.26. The van der Waals surface area contributed by atoms with Gasteiger partial charge in [0.1, 0.15) is 4.88 Å². The first kappa shape index (κ1) is 11.2. The van der Waals surface area contributed by atoms with Crippen LogP contribution in [-0.2, 0) is 13.1 Å². The molecule has 0 saturated carbocycles. The molecule has 2 N–H and O–H groups in total. The first-order chi connectivity index (χ1) is 8.65. The van der Waals surface area contributed by atoms with Gasteiger partial charge >= 0.3 is 0 Å². The molecule has 1 aliphatic heterocycles. The van der Waals surface area contributed by atoms with Crippen LogP contribution in [0.3, 0.4) is 0 Å². The smallest absolute Gasteiger partial charge is 0.266 e. The van der Waals surface area contributed by atoms with Crippen molar-refractivity contribution < 1.29 is 4.79 Å². The van der Waals surface area contributed by atoms with Crippen LogP contribution in [0.1, 0.15) is 26.5 Å². The highest BCUT2D eigenvalue weighted by Gasteiger charge is 2.26. The van der Waals surface area contributed by atoms with E-state index >= 15 is 0 Å². The van der Waals surface area contributed by atoms with E-state index in [1.165, 1.54) is 22.5 Å². The van der Waals surface area contributed by atoms with Crippen LogP contribution < -0.4 is 5.73 Å². The molecule has 18 heavy (non-hydrogen) atoms. The van der Waals surface area contributed by atoms with Gasteiger partial charge in [0, 0.05) is 13.1 Å². The third kappa shape index (κ3) is 1.76. The van der Waals surface area contributed by atoms with Crippen molar-refractivity contribution in [1.29, 1.82) is 0 Å². The topological polar surface area (TPSA) is 59.2 Å². The van der Waals surface area contributed by atoms with E-state index in [0.29, 0.717) is 23.1 Å². The third-order valence-electron chi connectivity index (χ3n) is 3.14. The van der Waals surface area contributed by atoms with Gasteiger partial charge in [-0.05, 0) is 18.1 Å². The molecule has 0 unspecified atom stereocenters. The SMILES string of the molecule is Cc1nc(N)sc1C(=O)N1Cc2ccccc2C1. The van der Waals surface area contributed by atoms with E-state index in [1.54, 1.807) is 0 Å². The van der Waals surface area contributed by atoms with Gasteiger partial charge in [-0.2, -0.15) is 0 Å². The average molecular weight is 259 g/mol. The number of fused-ring (bicyclic) bond motifs is 1. The van der Waals surface area contributed by atoms with Gasteiger partial charge in [-0.1, -0.05) is 35.6 Å². The van der Waals surface area contributed by atoms with Gasteiger partial charge in [-0.15, -0.1) is 0 Å². The second-order valence-electron chi connectivity index (χ2n) is 4.40. The minimum absolute atomic E-state index is 0.0258. The van der Waals surface area contributed by atoms with Crippen LogP contribution >= 0.6 is 11.3 Å². The Morgan fingerprint density at radius 1 is 1.33 bits per heavy atom. The molecule has 4 nitrogen and oxygen atoms in total. The highest BCUT2D eigenvalue weighted by molar-refractivity contribution is 7.17. The summed E-state index contributed by atoms with van der Waals surface area (Å²) in [6.45, 7) is 3.17. The van der Waals surface area contributed by atoms with E-state index in [-0.39, 0.29) is 5.91 Å². The minimum atomic E-state index is 0.0258. The summed E-state index contributed by atoms with van der Waals surface area (Å²) in [6.07, 6.45) is 0. The maximum atomic E-state index is 12.4. The van der Waals surface area contributed by atoms with Gasteiger partial charge in [0.25, 0.3) is 5.91 Å². The number of nitrogens with two attached hydrogens (primary N) is 1. The third-order valence-corrected chi connectivity index (χ3v) is 4.11. The Hall–Kier alpha value is -1.88. The lowest BCUT2D eigenvalue weighted by molar-refractivity contribution is 0.0755. The van der Waals surface area contributed by atoms with Gasteiger partial charge in [0.2, 0.25) is 0 Å². The number of nitrogen functional groups attached to an aromatic ring is 1. The molecule has 1 amide bonds. The van der Waals surface area contributed by atoms with Crippen molar-refractivity contribution in [3.63, 3.8) is 0 Å². The summed E-state index contributed by atoms with van der Waals surface area (Å²) in [5.74, 6) is 0.0258. The van der Waals surface area contributed by atoms with Crippen molar-refractivity contribution in [1.82, 2.24) is 9.88 Å². The van der Waals surface area contributed by atoms with Crippen LogP contribution in [0.5, 0.6) is 0 Å². The maximum absolute atomic E-state index is 12.4. The van der Waals surface area contributed by atoms with E-state index in [0.717, 1.165) is 5.69 Å². The number of anilines is 1. The number of thiazole rings is 1. The number of rotatable bonds is 1. The monoisotopic (exact) mass is 259 g/mol. The molecule has 0 bridgehead atoms. The molecule has 0 aliphatic carbocycles. The van der Waals surface area contributed by atoms with E-state index in [9.17, 15) is 4.79 Å². The molecular weight excluding hydrogens is 246 g/mol. The molecule has 92 valence electrons. The summed E-state index contributed by atoms with van der Waals surface area (Å²) in [5, 5.41) is 0.451. The zero-order valence-electron chi connectivity index (χ0n) is 10.0. The molecule has 1 aromatic heterocycles. The molecule has 1 aliphatic rings. The number of benzene rings is 1. The Bertz CT molecular complexity index is 595. The number of aryl methyl sites for hydroxylation is 1. The Morgan fingerprint density at radius 3 is 2.44 bits per heavy atom. The van der Waals surface area contributed by atoms with E-state index < -0.39 is 0 Å². The van der Waals surface area contributed by atoms with E-state index in [2.05, 4.69) is 17.1 Å². The molecule has 5 heteroatoms. The predicted molar refractivity (Wildman–Crippen MR) is 71.3 cm³/mol. The number of carbonyl (C=O) groups is 1. The van der Waals surface area contributed by atoms with E-state index in [4.69, 9.17) is 5.73 Å². The molecule has 1 aromatic carbocycles. The molecule has 3 rings (SSSR count). The number of hydrogen-bond donors (Lipinski definition) is 1. The lowest BCUT2D eigenvalue weighted by atomic mass is 10.1. The Labute approximate surface area is 109 Å². The number of hydrogen-bond acceptors (Lipinski definition) is 4. The zero-order chi connectivity index (χ0) is 12.7. The molecule has 2 aromatic rings. The van der Waals surface area contributed by atoms with Crippen LogP contribution in [0.2, 0.25) is 0 Å². The second kappa shape index (κ2) is 4.10. The van der Waals surface area contributed by atoms with E-state index in [1.807, 2.05) is 24.0 Å². The van der Waals surface area contributed by atoms with Crippen molar-refractivity contribution in [2.75, 3.05) is 5.73 Å². The standard InChI is InChI=1S/C13H13N3OS/c1-8-11(18-13(14)15-8)12(17)16-6-9-4-2-3-5-10(9)7-16/h2-5H,6-7H2,1H3,(H2,14,15). The lowest BCUT2D eigenvalue weighted by Gasteiger charge is -2.14. The maximum Gasteiger partial charge on any atom is 0.266 e. The molecule has 0 fully saturated rings. The number of carbonyl (C=O) groups excluding carboxylic acids is 1. The number of aromatic nitrogens is 1. The van der Waals surface area contributed by atoms with Crippen molar-refractivity contribution >= 4 is 22.4 Å². The zero-order valence-corrected chi connectivity index (χ0v) is 10.8. The lowest BCUT2D eigenvalue weighted by Crippen LogP contribution is -2.25. The van der Waals surface area contributed by atoms with Crippen molar-refractivity contribution in [3.05, 3.63) is 46.0 Å². The summed E-state index contributed by atoms with van der Waals surface area (Å²) in [7, 11) is 0. The second-order valence-corrected chi connectivity index (χ2v) is 5.43. The quantitative estimate of drug-likeness (QED) is 0.854. The normalized spacial score (nSPS) is 13.7. The Balaban J connectivity index is 1.87. The molecule has 0 atom stereocenters. The van der Waals surface area contributed by atoms with Crippen molar-refractivity contribution in [2.24, 2.45) is 0 Å². The summed E-state index contributed by atoms with van der Waals surface area (Å²) in [4.78, 5) is 19.0. The first-order valence-electron chi connectivity index (χ1n) is 5.74. The predicted octanol–water partition coefficient (Wildman–Crippen LogP) is 2.19. The van der Waals surface area contributed by atoms with Crippen LogP contribution in [-0.4, -0.2) is 15.8 Å². The van der Waals surface area contributed by atoms with Gasteiger partial charge in [0.05, 0.1) is 5.69 Å². The van der Waals surface area contributed by atoms with Gasteiger partial charge < -0.3 is 10.6 Å². The van der Waals surface area contributed by atoms with Gasteiger partial charge in [-0.3, -0.25) is 4.79 Å². The fourth-order valence-corrected chi connectivity index (χ4v) is 3.04. The summed E-state index contributed by atoms with van der Waals surface area (Å²) in [5.41, 5.74) is 8.80. The fourth-order valence-electron chi connectivity index (χ4n) is 2.24. The Morgan fingerprint density at radius 2 is 1.94 bits per heavy atom. The highest BCUT2D eigenvalue weighted by Crippen LogP contribution is 2.27. The van der Waals surface area contributed by atoms with Crippen LogP contribution in [0.25, 0.3) is 0 Å². The minimum Gasteiger partial charge on any atom is -0.375 e. The average Bonchev–Trinajstić information content (AvgIpc) is 2.91. The molecule has 0 spiro atoms. The summed E-state index contributed by atoms with van der Waals surface area (Å²) in [6, 6.07) is 8.14. The highest BCUT2D eigenvalue weighted by atomic mass is 32.1. The van der Waals surface area contributed by atoms with Crippen molar-refractivity contribution in [3.8, 4) is 0 Å². The van der Waals surface area contributed by atoms with Crippen molar-refractivity contribution in [2.45, 2.75) is 20.0 Å². The molecule has 0 radical (unpaired) electrons. The van der Waals surface area contributed by atoms with Crippen LogP contribution in [0, 0.1) is 6.92 Å². The van der Waals surface area contributed by atoms with Gasteiger partial charge in [0.15, 0.2) is 5.13 Å². The number of nitrogens with zero attached hydrogens (tertiary/aromatic N) is 2. The molecule has 2 heterocycles. The van der Waals surface area contributed by atoms with Crippen LogP contribution in [0.4, 0.5) is 5.13 Å². The Kier molecular flexibility index (Phi) is 2.56. The first-order valence-corrected chi connectivity index (χ1v) is 6.56.